The number of benzene rings is 2. The Morgan fingerprint density at radius 2 is 1.83 bits per heavy atom. The number of sulfonamides is 1. The summed E-state index contributed by atoms with van der Waals surface area (Å²) in [5.74, 6) is -0.182. The van der Waals surface area contributed by atoms with Crippen LogP contribution < -0.4 is 5.32 Å². The van der Waals surface area contributed by atoms with Gasteiger partial charge in [-0.15, -0.1) is 11.3 Å². The number of hydrogen-bond donors (Lipinski definition) is 1. The number of nitrogens with zero attached hydrogens (tertiary/aromatic N) is 1. The summed E-state index contributed by atoms with van der Waals surface area (Å²) in [5, 5.41) is 2.85. The molecular weight excluding hydrogens is 521 g/mol. The second kappa shape index (κ2) is 8.92. The van der Waals surface area contributed by atoms with E-state index in [1.807, 2.05) is 0 Å². The number of amides is 1. The van der Waals surface area contributed by atoms with Crippen LogP contribution in [0.1, 0.15) is 17.5 Å². The number of carbonyl (C=O) groups excluding carboxylic acids is 1. The molecule has 0 unspecified atom stereocenters. The Morgan fingerprint density at radius 1 is 1.09 bits per heavy atom. The van der Waals surface area contributed by atoms with Crippen LogP contribution in [0.3, 0.4) is 0 Å². The van der Waals surface area contributed by atoms with E-state index in [0.29, 0.717) is 22.0 Å². The van der Waals surface area contributed by atoms with Gasteiger partial charge in [-0.2, -0.15) is 17.5 Å². The lowest BCUT2D eigenvalue weighted by Gasteiger charge is -2.25. The number of halogens is 4. The highest BCUT2D eigenvalue weighted by atomic mass is 35.5. The maximum absolute atomic E-state index is 13.1. The Morgan fingerprint density at radius 3 is 2.49 bits per heavy atom. The van der Waals surface area contributed by atoms with Crippen LogP contribution in [0.5, 0.6) is 0 Å². The minimum atomic E-state index is -4.40. The van der Waals surface area contributed by atoms with E-state index in [-0.39, 0.29) is 28.5 Å². The minimum absolute atomic E-state index is 0.00121. The van der Waals surface area contributed by atoms with Crippen molar-refractivity contribution in [1.82, 2.24) is 9.62 Å². The highest BCUT2D eigenvalue weighted by Crippen LogP contribution is 2.51. The molecular formula is C24H20ClF3N2O3S2. The van der Waals surface area contributed by atoms with E-state index in [0.717, 1.165) is 35.5 Å². The van der Waals surface area contributed by atoms with Gasteiger partial charge in [0.05, 0.1) is 9.90 Å². The monoisotopic (exact) mass is 540 g/mol. The van der Waals surface area contributed by atoms with Crippen LogP contribution in [0.2, 0.25) is 4.34 Å². The number of fused-ring (bicyclic) bond motifs is 1. The third kappa shape index (κ3) is 4.84. The third-order valence-electron chi connectivity index (χ3n) is 6.43. The fourth-order valence-electron chi connectivity index (χ4n) is 4.56. The van der Waals surface area contributed by atoms with Crippen molar-refractivity contribution in [3.05, 3.63) is 76.1 Å². The smallest absolute Gasteiger partial charge is 0.351 e. The van der Waals surface area contributed by atoms with E-state index in [1.54, 1.807) is 24.3 Å². The summed E-state index contributed by atoms with van der Waals surface area (Å²) in [6, 6.07) is 14.2. The van der Waals surface area contributed by atoms with Crippen molar-refractivity contribution in [3.8, 4) is 11.1 Å². The van der Waals surface area contributed by atoms with Crippen molar-refractivity contribution in [2.24, 2.45) is 11.8 Å². The number of hydrogen-bond acceptors (Lipinski definition) is 4. The highest BCUT2D eigenvalue weighted by molar-refractivity contribution is 7.91. The molecule has 35 heavy (non-hydrogen) atoms. The summed E-state index contributed by atoms with van der Waals surface area (Å²) in [7, 11) is -3.83. The average Bonchev–Trinajstić information content (AvgIpc) is 3.25. The Balaban J connectivity index is 1.29. The van der Waals surface area contributed by atoms with Gasteiger partial charge in [0.1, 0.15) is 10.3 Å². The lowest BCUT2D eigenvalue weighted by molar-refractivity contribution is -0.137. The fourth-order valence-corrected chi connectivity index (χ4v) is 7.86. The first-order valence-corrected chi connectivity index (χ1v) is 13.5. The second-order valence-corrected chi connectivity index (χ2v) is 12.6. The highest BCUT2D eigenvalue weighted by Gasteiger charge is 2.59. The normalized spacial score (nSPS) is 22.1. The first-order valence-electron chi connectivity index (χ1n) is 10.9. The molecule has 2 aromatic carbocycles. The molecule has 5 nitrogen and oxygen atoms in total. The predicted octanol–water partition coefficient (Wildman–Crippen LogP) is 5.41. The molecule has 2 heterocycles. The van der Waals surface area contributed by atoms with Crippen LogP contribution in [0, 0.1) is 11.8 Å². The van der Waals surface area contributed by atoms with Gasteiger partial charge in [0, 0.05) is 13.1 Å². The van der Waals surface area contributed by atoms with E-state index in [4.69, 9.17) is 11.6 Å². The standard InChI is InChI=1S/C24H20ClF3N2O3S2/c25-20-8-9-21(34-20)35(32,33)30-13-17-11-19(17)22(30)23(31)29-12-14-2-1-3-16(10-14)15-4-6-18(7-5-15)24(26,27)28/h1-10,17,19,22H,11-13H2,(H,29,31)/t17-,19-,22-/m0/s1. The van der Waals surface area contributed by atoms with Gasteiger partial charge in [-0.25, -0.2) is 8.42 Å². The molecule has 1 aliphatic heterocycles. The molecule has 5 rings (SSSR count). The summed E-state index contributed by atoms with van der Waals surface area (Å²) in [6.07, 6.45) is -3.58. The molecule has 0 radical (unpaired) electrons. The zero-order valence-corrected chi connectivity index (χ0v) is 20.5. The van der Waals surface area contributed by atoms with Crippen molar-refractivity contribution < 1.29 is 26.4 Å². The summed E-state index contributed by atoms with van der Waals surface area (Å²) >= 11 is 6.88. The lowest BCUT2D eigenvalue weighted by Crippen LogP contribution is -2.47. The SMILES string of the molecule is O=C(NCc1cccc(-c2ccc(C(F)(F)F)cc2)c1)[C@@H]1[C@H]2C[C@H]2CN1S(=O)(=O)c1ccc(Cl)s1. The number of alkyl halides is 3. The number of thiophene rings is 1. The van der Waals surface area contributed by atoms with E-state index in [2.05, 4.69) is 5.32 Å². The van der Waals surface area contributed by atoms with Crippen LogP contribution in [-0.2, 0) is 27.5 Å². The van der Waals surface area contributed by atoms with Crippen molar-refractivity contribution in [2.45, 2.75) is 29.4 Å². The molecule has 184 valence electrons. The number of piperidine rings is 1. The minimum Gasteiger partial charge on any atom is -0.351 e. The van der Waals surface area contributed by atoms with Crippen molar-refractivity contribution in [2.75, 3.05) is 6.54 Å². The number of nitrogens with one attached hydrogen (secondary N) is 1. The first kappa shape index (κ1) is 24.3. The predicted molar refractivity (Wildman–Crippen MR) is 127 cm³/mol. The molecule has 11 heteroatoms. The molecule has 0 bridgehead atoms. The summed E-state index contributed by atoms with van der Waals surface area (Å²) < 4.78 is 66.5. The molecule has 1 aliphatic carbocycles. The topological polar surface area (TPSA) is 66.5 Å². The van der Waals surface area contributed by atoms with Gasteiger partial charge in [0.25, 0.3) is 10.0 Å². The molecule has 1 saturated heterocycles. The van der Waals surface area contributed by atoms with Crippen LogP contribution in [0.4, 0.5) is 13.2 Å². The third-order valence-corrected chi connectivity index (χ3v) is 9.97. The Kier molecular flexibility index (Phi) is 6.19. The summed E-state index contributed by atoms with van der Waals surface area (Å²) in [6.45, 7) is 0.476. The van der Waals surface area contributed by atoms with Gasteiger partial charge in [-0.05, 0) is 65.3 Å². The Bertz CT molecular complexity index is 1370. The first-order chi connectivity index (χ1) is 16.5. The van der Waals surface area contributed by atoms with E-state index in [9.17, 15) is 26.4 Å². The quantitative estimate of drug-likeness (QED) is 0.454. The lowest BCUT2D eigenvalue weighted by atomic mass is 10.0. The van der Waals surface area contributed by atoms with Crippen LogP contribution in [0.15, 0.2) is 64.9 Å². The zero-order chi connectivity index (χ0) is 25.0. The molecule has 3 atom stereocenters. The molecule has 1 saturated carbocycles. The zero-order valence-electron chi connectivity index (χ0n) is 18.1. The van der Waals surface area contributed by atoms with Gasteiger partial charge in [-0.3, -0.25) is 4.79 Å². The van der Waals surface area contributed by atoms with Gasteiger partial charge < -0.3 is 5.32 Å². The molecule has 1 aromatic heterocycles. The largest absolute Gasteiger partial charge is 0.416 e. The average molecular weight is 541 g/mol. The maximum Gasteiger partial charge on any atom is 0.416 e. The van der Waals surface area contributed by atoms with E-state index >= 15 is 0 Å². The number of rotatable bonds is 6. The molecule has 3 aromatic rings. The molecule has 1 amide bonds. The Labute approximate surface area is 209 Å². The molecule has 0 spiro atoms. The van der Waals surface area contributed by atoms with Crippen LogP contribution in [-0.4, -0.2) is 31.2 Å². The van der Waals surface area contributed by atoms with E-state index < -0.39 is 27.8 Å². The van der Waals surface area contributed by atoms with E-state index in [1.165, 1.54) is 28.6 Å². The molecule has 2 aliphatic rings. The fraction of sp³-hybridized carbons (Fsp3) is 0.292. The molecule has 2 fully saturated rings. The van der Waals surface area contributed by atoms with Crippen LogP contribution in [0.25, 0.3) is 11.1 Å². The van der Waals surface area contributed by atoms with Gasteiger partial charge in [-0.1, -0.05) is 41.9 Å². The summed E-state index contributed by atoms with van der Waals surface area (Å²) in [4.78, 5) is 13.1. The van der Waals surface area contributed by atoms with Gasteiger partial charge in [0.2, 0.25) is 5.91 Å². The van der Waals surface area contributed by atoms with Crippen molar-refractivity contribution >= 4 is 38.9 Å². The van der Waals surface area contributed by atoms with Gasteiger partial charge >= 0.3 is 6.18 Å². The Hall–Kier alpha value is -2.40. The summed E-state index contributed by atoms with van der Waals surface area (Å²) in [5.41, 5.74) is 1.37. The van der Waals surface area contributed by atoms with Crippen molar-refractivity contribution in [3.63, 3.8) is 0 Å². The maximum atomic E-state index is 13.1. The molecule has 1 N–H and O–H groups in total. The number of carbonyl (C=O) groups is 1. The van der Waals surface area contributed by atoms with Crippen molar-refractivity contribution in [1.29, 1.82) is 0 Å². The van der Waals surface area contributed by atoms with Gasteiger partial charge in [0.15, 0.2) is 0 Å². The second-order valence-electron chi connectivity index (χ2n) is 8.73. The van der Waals surface area contributed by atoms with Crippen LogP contribution >= 0.6 is 22.9 Å².